The summed E-state index contributed by atoms with van der Waals surface area (Å²) in [5.41, 5.74) is 2.03. The van der Waals surface area contributed by atoms with Crippen molar-refractivity contribution >= 4 is 28.8 Å². The molecule has 0 unspecified atom stereocenters. The van der Waals surface area contributed by atoms with Crippen molar-refractivity contribution in [1.29, 1.82) is 0 Å². The van der Waals surface area contributed by atoms with Gasteiger partial charge in [0, 0.05) is 23.5 Å². The van der Waals surface area contributed by atoms with Crippen LogP contribution in [0.5, 0.6) is 5.75 Å². The largest absolute Gasteiger partial charge is 0.505 e. The number of methoxy groups -OCH3 is 1. The maximum absolute atomic E-state index is 13.2. The van der Waals surface area contributed by atoms with Crippen LogP contribution in [0.2, 0.25) is 0 Å². The quantitative estimate of drug-likeness (QED) is 0.313. The molecule has 2 aromatic carbocycles. The number of rotatable bonds is 7. The average Bonchev–Trinajstić information content (AvgIpc) is 3.35. The Hall–Kier alpha value is -3.49. The highest BCUT2D eigenvalue weighted by atomic mass is 32.1. The Bertz CT molecular complexity index is 1230. The number of aromatic nitrogens is 1. The zero-order chi connectivity index (χ0) is 24.4. The van der Waals surface area contributed by atoms with Gasteiger partial charge in [-0.3, -0.25) is 9.59 Å². The second-order valence-corrected chi connectivity index (χ2v) is 9.56. The lowest BCUT2D eigenvalue weighted by Crippen LogP contribution is -2.35. The van der Waals surface area contributed by atoms with Crippen molar-refractivity contribution in [3.63, 3.8) is 0 Å². The van der Waals surface area contributed by atoms with E-state index in [0.29, 0.717) is 24.5 Å². The molecule has 34 heavy (non-hydrogen) atoms. The van der Waals surface area contributed by atoms with E-state index in [2.05, 4.69) is 4.98 Å². The molecule has 0 bridgehead atoms. The summed E-state index contributed by atoms with van der Waals surface area (Å²) >= 11 is 1.44. The zero-order valence-corrected chi connectivity index (χ0v) is 20.4. The van der Waals surface area contributed by atoms with Crippen LogP contribution in [0, 0.1) is 6.92 Å². The number of carbonyl (C=O) groups is 2. The van der Waals surface area contributed by atoms with Crippen LogP contribution in [-0.4, -0.2) is 65.9 Å². The molecule has 1 aliphatic heterocycles. The minimum absolute atomic E-state index is 0.0573. The van der Waals surface area contributed by atoms with E-state index >= 15 is 0 Å². The third-order valence-electron chi connectivity index (χ3n) is 5.80. The maximum Gasteiger partial charge on any atom is 0.295 e. The smallest absolute Gasteiger partial charge is 0.295 e. The highest BCUT2D eigenvalue weighted by molar-refractivity contribution is 7.15. The Morgan fingerprint density at radius 2 is 1.79 bits per heavy atom. The minimum Gasteiger partial charge on any atom is -0.505 e. The molecule has 0 aliphatic carbocycles. The number of ether oxygens (including phenoxy) is 1. The van der Waals surface area contributed by atoms with Gasteiger partial charge in [-0.25, -0.2) is 4.98 Å². The number of Topliss-reactive ketones (excluding diaryl/α,β-unsaturated/α-hetero) is 1. The first-order valence-corrected chi connectivity index (χ1v) is 11.7. The summed E-state index contributed by atoms with van der Waals surface area (Å²) in [6, 6.07) is 16.1. The van der Waals surface area contributed by atoms with Crippen molar-refractivity contribution in [2.45, 2.75) is 13.0 Å². The predicted octanol–water partition coefficient (Wildman–Crippen LogP) is 4.11. The van der Waals surface area contributed by atoms with Crippen molar-refractivity contribution < 1.29 is 19.4 Å². The molecule has 2 heterocycles. The molecule has 0 spiro atoms. The molecule has 1 aliphatic rings. The van der Waals surface area contributed by atoms with Gasteiger partial charge in [0.15, 0.2) is 5.76 Å². The zero-order valence-electron chi connectivity index (χ0n) is 19.6. The Morgan fingerprint density at radius 1 is 1.12 bits per heavy atom. The Morgan fingerprint density at radius 3 is 2.41 bits per heavy atom. The molecule has 8 heteroatoms. The maximum atomic E-state index is 13.2. The lowest BCUT2D eigenvalue weighted by molar-refractivity contribution is -0.140. The minimum atomic E-state index is -0.716. The molecule has 1 aromatic heterocycles. The van der Waals surface area contributed by atoms with Crippen LogP contribution in [-0.2, 0) is 9.59 Å². The molecular formula is C26H27N3O4S. The number of nitrogens with zero attached hydrogens (tertiary/aromatic N) is 3. The van der Waals surface area contributed by atoms with Gasteiger partial charge in [0.05, 0.1) is 18.7 Å². The van der Waals surface area contributed by atoms with Gasteiger partial charge in [-0.1, -0.05) is 42.5 Å². The lowest BCUT2D eigenvalue weighted by Gasteiger charge is -2.26. The molecule has 1 atom stereocenters. The molecule has 0 saturated carbocycles. The van der Waals surface area contributed by atoms with Crippen LogP contribution in [0.15, 0.2) is 60.2 Å². The number of amides is 1. The highest BCUT2D eigenvalue weighted by Gasteiger charge is 2.46. The first-order valence-electron chi connectivity index (χ1n) is 10.9. The number of ketones is 1. The third kappa shape index (κ3) is 4.47. The Labute approximate surface area is 202 Å². The Balaban J connectivity index is 1.83. The fourth-order valence-electron chi connectivity index (χ4n) is 4.00. The number of thiazole rings is 1. The van der Waals surface area contributed by atoms with Gasteiger partial charge in [0.1, 0.15) is 16.5 Å². The van der Waals surface area contributed by atoms with Gasteiger partial charge < -0.3 is 19.6 Å². The standard InChI is InChI=1S/C26H27N3O4S/c1-16-21(27-25(34-16)18-8-6-5-7-9-18)23(30)20-22(17-10-12-19(33-4)13-11-17)29(15-14-28(2)3)26(32)24(20)31/h5-13,22,30H,14-15H2,1-4H3/t22-/m0/s1. The first kappa shape index (κ1) is 23.7. The van der Waals surface area contributed by atoms with E-state index in [1.54, 1.807) is 19.2 Å². The van der Waals surface area contributed by atoms with Gasteiger partial charge >= 0.3 is 0 Å². The molecule has 1 saturated heterocycles. The van der Waals surface area contributed by atoms with Gasteiger partial charge in [0.2, 0.25) is 0 Å². The van der Waals surface area contributed by atoms with Crippen LogP contribution in [0.3, 0.4) is 0 Å². The molecule has 1 N–H and O–H groups in total. The second kappa shape index (κ2) is 9.79. The predicted molar refractivity (Wildman–Crippen MR) is 133 cm³/mol. The Kier molecular flexibility index (Phi) is 6.81. The average molecular weight is 478 g/mol. The second-order valence-electron chi connectivity index (χ2n) is 8.36. The van der Waals surface area contributed by atoms with Crippen LogP contribution < -0.4 is 4.74 Å². The van der Waals surface area contributed by atoms with Crippen molar-refractivity contribution in [2.75, 3.05) is 34.3 Å². The summed E-state index contributed by atoms with van der Waals surface area (Å²) in [6.45, 7) is 2.77. The highest BCUT2D eigenvalue weighted by Crippen LogP contribution is 2.41. The molecule has 1 amide bonds. The van der Waals surface area contributed by atoms with Crippen molar-refractivity contribution in [1.82, 2.24) is 14.8 Å². The van der Waals surface area contributed by atoms with Crippen LogP contribution >= 0.6 is 11.3 Å². The molecule has 0 radical (unpaired) electrons. The third-order valence-corrected chi connectivity index (χ3v) is 6.82. The van der Waals surface area contributed by atoms with Gasteiger partial charge in [-0.2, -0.15) is 0 Å². The molecule has 3 aromatic rings. The summed E-state index contributed by atoms with van der Waals surface area (Å²) in [5, 5.41) is 12.1. The van der Waals surface area contributed by atoms with Crippen molar-refractivity contribution in [3.8, 4) is 16.3 Å². The number of hydrogen-bond acceptors (Lipinski definition) is 7. The first-order chi connectivity index (χ1) is 16.3. The van der Waals surface area contributed by atoms with Gasteiger partial charge in [-0.15, -0.1) is 11.3 Å². The molecule has 7 nitrogen and oxygen atoms in total. The summed E-state index contributed by atoms with van der Waals surface area (Å²) in [6.07, 6.45) is 0. The van der Waals surface area contributed by atoms with E-state index in [-0.39, 0.29) is 11.3 Å². The number of likely N-dealkylation sites (tertiary alicyclic amines) is 1. The molecule has 4 rings (SSSR count). The molecule has 176 valence electrons. The number of benzene rings is 2. The normalized spacial score (nSPS) is 17.6. The number of likely N-dealkylation sites (N-methyl/N-ethyl adjacent to an activating group) is 1. The van der Waals surface area contributed by atoms with E-state index in [1.165, 1.54) is 16.2 Å². The van der Waals surface area contributed by atoms with E-state index < -0.39 is 17.7 Å². The van der Waals surface area contributed by atoms with Crippen molar-refractivity contribution in [3.05, 3.63) is 76.3 Å². The summed E-state index contributed by atoms with van der Waals surface area (Å²) < 4.78 is 5.26. The van der Waals surface area contributed by atoms with E-state index in [9.17, 15) is 14.7 Å². The SMILES string of the molecule is COc1ccc([C@H]2C(=C(O)c3nc(-c4ccccc4)sc3C)C(=O)C(=O)N2CCN(C)C)cc1. The van der Waals surface area contributed by atoms with E-state index in [0.717, 1.165) is 21.0 Å². The summed E-state index contributed by atoms with van der Waals surface area (Å²) in [5.74, 6) is -0.912. The molecule has 1 fully saturated rings. The van der Waals surface area contributed by atoms with Gasteiger partial charge in [-0.05, 0) is 38.7 Å². The summed E-state index contributed by atoms with van der Waals surface area (Å²) in [7, 11) is 5.39. The number of aryl methyl sites for hydroxylation is 1. The number of hydrogen-bond donors (Lipinski definition) is 1. The topological polar surface area (TPSA) is 83.0 Å². The molecular weight excluding hydrogens is 450 g/mol. The van der Waals surface area contributed by atoms with Crippen LogP contribution in [0.4, 0.5) is 0 Å². The fraction of sp³-hybridized carbons (Fsp3) is 0.269. The monoisotopic (exact) mass is 477 g/mol. The summed E-state index contributed by atoms with van der Waals surface area (Å²) in [4.78, 5) is 35.1. The lowest BCUT2D eigenvalue weighted by atomic mass is 9.96. The fourth-order valence-corrected chi connectivity index (χ4v) is 4.92. The number of carbonyl (C=O) groups excluding carboxylic acids is 2. The van der Waals surface area contributed by atoms with E-state index in [4.69, 9.17) is 4.74 Å². The van der Waals surface area contributed by atoms with Crippen LogP contribution in [0.1, 0.15) is 22.2 Å². The number of aliphatic hydroxyl groups is 1. The van der Waals surface area contributed by atoms with Crippen LogP contribution in [0.25, 0.3) is 16.3 Å². The van der Waals surface area contributed by atoms with E-state index in [1.807, 2.05) is 68.4 Å². The van der Waals surface area contributed by atoms with Crippen molar-refractivity contribution in [2.24, 2.45) is 0 Å². The van der Waals surface area contributed by atoms with Gasteiger partial charge in [0.25, 0.3) is 11.7 Å². The number of aliphatic hydroxyl groups excluding tert-OH is 1.